The first kappa shape index (κ1) is 20.6. The van der Waals surface area contributed by atoms with Crippen LogP contribution in [0.15, 0.2) is 33.8 Å². The summed E-state index contributed by atoms with van der Waals surface area (Å²) in [5.41, 5.74) is 0.941. The predicted octanol–water partition coefficient (Wildman–Crippen LogP) is 3.16. The van der Waals surface area contributed by atoms with Crippen molar-refractivity contribution >= 4 is 39.4 Å². The van der Waals surface area contributed by atoms with Crippen molar-refractivity contribution in [1.29, 1.82) is 0 Å². The lowest BCUT2D eigenvalue weighted by atomic mass is 10.2. The molecule has 1 N–H and O–H groups in total. The average Bonchev–Trinajstić information content (AvgIpc) is 2.95. The number of benzene rings is 1. The average molecular weight is 455 g/mol. The van der Waals surface area contributed by atoms with Crippen molar-refractivity contribution in [3.8, 4) is 11.4 Å². The number of hydrogen-bond acceptors (Lipinski definition) is 6. The topological polar surface area (TPSA) is 92.5 Å². The van der Waals surface area contributed by atoms with Crippen molar-refractivity contribution in [2.45, 2.75) is 50.5 Å². The molecule has 0 aliphatic carbocycles. The molecule has 1 saturated heterocycles. The fraction of sp³-hybridized carbons (Fsp3) is 0.500. The second-order valence-corrected chi connectivity index (χ2v) is 9.78. The van der Waals surface area contributed by atoms with Crippen molar-refractivity contribution in [3.05, 3.63) is 29.3 Å². The van der Waals surface area contributed by atoms with Gasteiger partial charge in [0, 0.05) is 35.8 Å². The third kappa shape index (κ3) is 4.60. The van der Waals surface area contributed by atoms with Gasteiger partial charge in [-0.3, -0.25) is 0 Å². The minimum atomic E-state index is -3.65. The highest BCUT2D eigenvalue weighted by molar-refractivity contribution is 7.99. The monoisotopic (exact) mass is 454 g/mol. The van der Waals surface area contributed by atoms with Gasteiger partial charge in [-0.2, -0.15) is 13.1 Å². The molecule has 1 atom stereocenters. The summed E-state index contributed by atoms with van der Waals surface area (Å²) in [5, 5.41) is 10.1. The number of rotatable bonds is 5. The smallest absolute Gasteiger partial charge is 0.323 e. The van der Waals surface area contributed by atoms with Crippen LogP contribution in [0.5, 0.6) is 0 Å². The van der Waals surface area contributed by atoms with Crippen LogP contribution in [0.25, 0.3) is 11.4 Å². The molecule has 8 nitrogen and oxygen atoms in total. The molecule has 0 bridgehead atoms. The van der Waals surface area contributed by atoms with Crippen molar-refractivity contribution in [1.82, 2.24) is 24.4 Å². The van der Waals surface area contributed by atoms with Gasteiger partial charge in [0.1, 0.15) is 12.0 Å². The van der Waals surface area contributed by atoms with E-state index in [9.17, 15) is 8.42 Å². The summed E-state index contributed by atoms with van der Waals surface area (Å²) < 4.78 is 33.1. The van der Waals surface area contributed by atoms with Gasteiger partial charge in [-0.25, -0.2) is 0 Å². The van der Waals surface area contributed by atoms with E-state index in [-0.39, 0.29) is 6.17 Å². The van der Waals surface area contributed by atoms with Crippen LogP contribution in [0, 0.1) is 0 Å². The third-order valence-corrected chi connectivity index (χ3v) is 7.34. The Morgan fingerprint density at radius 1 is 1.21 bits per heavy atom. The molecule has 0 spiro atoms. The molecule has 1 aromatic heterocycles. The van der Waals surface area contributed by atoms with Crippen molar-refractivity contribution in [3.63, 3.8) is 0 Å². The SMILES string of the molecule is CCn1c(SCC2NS(=O)(=O)N=C3CCCCCN32)nnc1-c1ccc(Cl)cc1. The molecule has 0 saturated carbocycles. The third-order valence-electron chi connectivity index (χ3n) is 5.02. The van der Waals surface area contributed by atoms with Crippen LogP contribution >= 0.6 is 23.4 Å². The van der Waals surface area contributed by atoms with Crippen LogP contribution in [-0.4, -0.2) is 52.4 Å². The number of nitrogens with zero attached hydrogens (tertiary/aromatic N) is 5. The van der Waals surface area contributed by atoms with E-state index in [0.717, 1.165) is 42.4 Å². The van der Waals surface area contributed by atoms with E-state index >= 15 is 0 Å². The summed E-state index contributed by atoms with van der Waals surface area (Å²) in [6.45, 7) is 3.55. The molecule has 4 rings (SSSR count). The molecule has 11 heteroatoms. The molecule has 0 amide bonds. The zero-order valence-electron chi connectivity index (χ0n) is 16.1. The number of amidine groups is 1. The second-order valence-electron chi connectivity index (χ2n) is 6.99. The van der Waals surface area contributed by atoms with Crippen LogP contribution < -0.4 is 4.72 Å². The van der Waals surface area contributed by atoms with E-state index in [4.69, 9.17) is 11.6 Å². The summed E-state index contributed by atoms with van der Waals surface area (Å²) in [6.07, 6.45) is 3.46. The van der Waals surface area contributed by atoms with Crippen LogP contribution in [-0.2, 0) is 16.8 Å². The Hall–Kier alpha value is -1.62. The zero-order chi connectivity index (χ0) is 20.4. The first-order chi connectivity index (χ1) is 14.0. The Labute approximate surface area is 179 Å². The van der Waals surface area contributed by atoms with E-state index in [1.54, 1.807) is 0 Å². The van der Waals surface area contributed by atoms with Gasteiger partial charge < -0.3 is 9.47 Å². The Morgan fingerprint density at radius 2 is 2.00 bits per heavy atom. The highest BCUT2D eigenvalue weighted by Crippen LogP contribution is 2.27. The molecular formula is C18H23ClN6O2S2. The molecule has 2 aromatic rings. The maximum Gasteiger partial charge on any atom is 0.323 e. The lowest BCUT2D eigenvalue weighted by Gasteiger charge is -2.35. The first-order valence-electron chi connectivity index (χ1n) is 9.66. The van der Waals surface area contributed by atoms with E-state index in [0.29, 0.717) is 29.6 Å². The van der Waals surface area contributed by atoms with E-state index in [1.807, 2.05) is 35.8 Å². The Balaban J connectivity index is 1.54. The van der Waals surface area contributed by atoms with Crippen LogP contribution in [0.1, 0.15) is 32.6 Å². The minimum absolute atomic E-state index is 0.336. The highest BCUT2D eigenvalue weighted by Gasteiger charge is 2.33. The number of fused-ring (bicyclic) bond motifs is 1. The van der Waals surface area contributed by atoms with Crippen molar-refractivity contribution in [2.24, 2.45) is 4.40 Å². The summed E-state index contributed by atoms with van der Waals surface area (Å²) in [7, 11) is -3.65. The van der Waals surface area contributed by atoms with Gasteiger partial charge in [0.05, 0.1) is 0 Å². The molecule has 156 valence electrons. The molecule has 3 heterocycles. The number of hydrogen-bond donors (Lipinski definition) is 1. The van der Waals surface area contributed by atoms with Crippen LogP contribution in [0.2, 0.25) is 5.02 Å². The summed E-state index contributed by atoms with van der Waals surface area (Å²) in [6, 6.07) is 7.50. The van der Waals surface area contributed by atoms with Crippen molar-refractivity contribution in [2.75, 3.05) is 12.3 Å². The standard InChI is InChI=1S/C18H23ClN6O2S2/c1-2-24-17(13-7-9-14(19)10-8-13)20-21-18(24)28-12-16-23-29(26,27)22-15-6-4-3-5-11-25(15)16/h7-10,16,23H,2-6,11-12H2,1H3. The molecule has 1 unspecified atom stereocenters. The van der Waals surface area contributed by atoms with Gasteiger partial charge in [0.25, 0.3) is 0 Å². The fourth-order valence-electron chi connectivity index (χ4n) is 3.62. The lowest BCUT2D eigenvalue weighted by Crippen LogP contribution is -2.55. The maximum absolute atomic E-state index is 12.2. The number of halogens is 1. The summed E-state index contributed by atoms with van der Waals surface area (Å²) >= 11 is 7.49. The summed E-state index contributed by atoms with van der Waals surface area (Å²) in [5.74, 6) is 1.97. The normalized spacial score (nSPS) is 21.4. The summed E-state index contributed by atoms with van der Waals surface area (Å²) in [4.78, 5) is 2.09. The lowest BCUT2D eigenvalue weighted by molar-refractivity contribution is 0.310. The molecule has 0 radical (unpaired) electrons. The Kier molecular flexibility index (Phi) is 6.14. The second kappa shape index (κ2) is 8.63. The number of aromatic nitrogens is 3. The van der Waals surface area contributed by atoms with Crippen LogP contribution in [0.3, 0.4) is 0 Å². The molecule has 2 aliphatic heterocycles. The van der Waals surface area contributed by atoms with Gasteiger partial charge >= 0.3 is 10.2 Å². The zero-order valence-corrected chi connectivity index (χ0v) is 18.5. The van der Waals surface area contributed by atoms with Gasteiger partial charge in [-0.1, -0.05) is 29.8 Å². The van der Waals surface area contributed by atoms with Gasteiger partial charge in [-0.15, -0.1) is 14.6 Å². The minimum Gasteiger partial charge on any atom is -0.342 e. The van der Waals surface area contributed by atoms with Gasteiger partial charge in [0.15, 0.2) is 11.0 Å². The van der Waals surface area contributed by atoms with Crippen LogP contribution in [0.4, 0.5) is 0 Å². The van der Waals surface area contributed by atoms with E-state index < -0.39 is 10.2 Å². The number of nitrogens with one attached hydrogen (secondary N) is 1. The number of thioether (sulfide) groups is 1. The van der Waals surface area contributed by atoms with Gasteiger partial charge in [-0.05, 0) is 44.0 Å². The molecule has 1 fully saturated rings. The molecule has 1 aromatic carbocycles. The van der Waals surface area contributed by atoms with E-state index in [2.05, 4.69) is 24.2 Å². The predicted molar refractivity (Wildman–Crippen MR) is 115 cm³/mol. The largest absolute Gasteiger partial charge is 0.342 e. The molecule has 2 aliphatic rings. The highest BCUT2D eigenvalue weighted by atomic mass is 35.5. The fourth-order valence-corrected chi connectivity index (χ4v) is 5.97. The maximum atomic E-state index is 12.2. The molecule has 29 heavy (non-hydrogen) atoms. The quantitative estimate of drug-likeness (QED) is 0.697. The Morgan fingerprint density at radius 3 is 2.76 bits per heavy atom. The van der Waals surface area contributed by atoms with Crippen molar-refractivity contribution < 1.29 is 8.42 Å². The van der Waals surface area contributed by atoms with E-state index in [1.165, 1.54) is 11.8 Å². The molecular weight excluding hydrogens is 432 g/mol. The van der Waals surface area contributed by atoms with Gasteiger partial charge in [0.2, 0.25) is 0 Å². The Bertz CT molecular complexity index is 1010. The first-order valence-corrected chi connectivity index (χ1v) is 12.5.